The average molecular weight is 408 g/mol. The standard InChI is InChI=1S/C23H45N5O/c1-4-24-21(25-19-22(27(2)3)13-17-29-18-14-22)26-20-23(11-7-5-8-12-23)28-15-9-6-10-16-28/h4-20H2,1-3H3,(H2,24,25,26). The van der Waals surface area contributed by atoms with E-state index < -0.39 is 0 Å². The number of likely N-dealkylation sites (N-methyl/N-ethyl adjacent to an activating group) is 1. The fourth-order valence-corrected chi connectivity index (χ4v) is 5.50. The lowest BCUT2D eigenvalue weighted by atomic mass is 9.79. The van der Waals surface area contributed by atoms with Crippen molar-refractivity contribution in [2.24, 2.45) is 4.99 Å². The minimum Gasteiger partial charge on any atom is -0.381 e. The molecule has 0 radical (unpaired) electrons. The van der Waals surface area contributed by atoms with Crippen molar-refractivity contribution in [3.8, 4) is 0 Å². The molecule has 3 aliphatic rings. The van der Waals surface area contributed by atoms with E-state index in [4.69, 9.17) is 9.73 Å². The van der Waals surface area contributed by atoms with Crippen LogP contribution < -0.4 is 10.6 Å². The van der Waals surface area contributed by atoms with Crippen LogP contribution in [0.1, 0.15) is 71.1 Å². The van der Waals surface area contributed by atoms with E-state index >= 15 is 0 Å². The van der Waals surface area contributed by atoms with Gasteiger partial charge in [-0.05, 0) is 72.6 Å². The molecule has 1 saturated carbocycles. The SMILES string of the molecule is CCNC(=NCC1(N2CCCCC2)CCCCC1)NCC1(N(C)C)CCOCC1. The minimum atomic E-state index is 0.157. The Bertz CT molecular complexity index is 503. The van der Waals surface area contributed by atoms with Gasteiger partial charge in [-0.1, -0.05) is 25.7 Å². The Morgan fingerprint density at radius 2 is 1.59 bits per heavy atom. The Morgan fingerprint density at radius 1 is 0.931 bits per heavy atom. The normalized spacial score (nSPS) is 25.7. The smallest absolute Gasteiger partial charge is 0.191 e. The number of ether oxygens (including phenoxy) is 1. The molecule has 29 heavy (non-hydrogen) atoms. The second-order valence-electron chi connectivity index (χ2n) is 9.61. The van der Waals surface area contributed by atoms with Crippen molar-refractivity contribution in [2.75, 3.05) is 60.0 Å². The maximum atomic E-state index is 5.63. The predicted molar refractivity (Wildman–Crippen MR) is 122 cm³/mol. The van der Waals surface area contributed by atoms with E-state index in [0.29, 0.717) is 5.54 Å². The van der Waals surface area contributed by atoms with Gasteiger partial charge in [0.2, 0.25) is 0 Å². The minimum absolute atomic E-state index is 0.157. The molecule has 0 amide bonds. The van der Waals surface area contributed by atoms with Crippen LogP contribution in [0.2, 0.25) is 0 Å². The summed E-state index contributed by atoms with van der Waals surface area (Å²) in [7, 11) is 4.40. The lowest BCUT2D eigenvalue weighted by Gasteiger charge is -2.47. The summed E-state index contributed by atoms with van der Waals surface area (Å²) in [5.41, 5.74) is 0.447. The summed E-state index contributed by atoms with van der Waals surface area (Å²) in [6.07, 6.45) is 13.0. The molecular weight excluding hydrogens is 362 g/mol. The van der Waals surface area contributed by atoms with Crippen LogP contribution in [0.3, 0.4) is 0 Å². The van der Waals surface area contributed by atoms with E-state index in [1.165, 1.54) is 64.5 Å². The number of nitrogens with zero attached hydrogens (tertiary/aromatic N) is 3. The number of aliphatic imine (C=N–C) groups is 1. The van der Waals surface area contributed by atoms with Crippen molar-refractivity contribution in [3.63, 3.8) is 0 Å². The number of nitrogens with one attached hydrogen (secondary N) is 2. The van der Waals surface area contributed by atoms with E-state index in [-0.39, 0.29) is 5.54 Å². The van der Waals surface area contributed by atoms with Gasteiger partial charge in [-0.2, -0.15) is 0 Å². The van der Waals surface area contributed by atoms with E-state index in [9.17, 15) is 0 Å². The number of hydrogen-bond acceptors (Lipinski definition) is 4. The topological polar surface area (TPSA) is 52.1 Å². The molecule has 6 nitrogen and oxygen atoms in total. The molecule has 0 bridgehead atoms. The zero-order valence-corrected chi connectivity index (χ0v) is 19.3. The third kappa shape index (κ3) is 5.86. The van der Waals surface area contributed by atoms with Crippen LogP contribution >= 0.6 is 0 Å². The van der Waals surface area contributed by atoms with E-state index in [1.54, 1.807) is 0 Å². The number of piperidine rings is 1. The zero-order chi connectivity index (χ0) is 20.6. The summed E-state index contributed by atoms with van der Waals surface area (Å²) in [5, 5.41) is 7.20. The number of rotatable bonds is 7. The molecule has 0 aromatic carbocycles. The van der Waals surface area contributed by atoms with Crippen LogP contribution in [0.25, 0.3) is 0 Å². The Morgan fingerprint density at radius 3 is 2.21 bits per heavy atom. The van der Waals surface area contributed by atoms with Crippen LogP contribution in [0.15, 0.2) is 4.99 Å². The molecule has 2 aliphatic heterocycles. The van der Waals surface area contributed by atoms with Gasteiger partial charge in [0.1, 0.15) is 0 Å². The fourth-order valence-electron chi connectivity index (χ4n) is 5.50. The molecule has 1 aliphatic carbocycles. The summed E-state index contributed by atoms with van der Waals surface area (Å²) in [4.78, 5) is 10.3. The molecule has 0 spiro atoms. The van der Waals surface area contributed by atoms with Gasteiger partial charge in [-0.3, -0.25) is 9.89 Å². The molecule has 0 aromatic heterocycles. The van der Waals surface area contributed by atoms with Crippen molar-refractivity contribution < 1.29 is 4.74 Å². The highest BCUT2D eigenvalue weighted by atomic mass is 16.5. The first-order chi connectivity index (χ1) is 14.1. The zero-order valence-electron chi connectivity index (χ0n) is 19.3. The summed E-state index contributed by atoms with van der Waals surface area (Å²) in [6.45, 7) is 9.16. The van der Waals surface area contributed by atoms with Crippen molar-refractivity contribution in [1.29, 1.82) is 0 Å². The Balaban J connectivity index is 1.67. The van der Waals surface area contributed by atoms with Crippen molar-refractivity contribution >= 4 is 5.96 Å². The van der Waals surface area contributed by atoms with Gasteiger partial charge in [-0.15, -0.1) is 0 Å². The third-order valence-corrected chi connectivity index (χ3v) is 7.64. The largest absolute Gasteiger partial charge is 0.381 e. The van der Waals surface area contributed by atoms with E-state index in [2.05, 4.69) is 41.5 Å². The summed E-state index contributed by atoms with van der Waals surface area (Å²) in [6, 6.07) is 0. The monoisotopic (exact) mass is 407 g/mol. The number of guanidine groups is 1. The average Bonchev–Trinajstić information content (AvgIpc) is 2.77. The molecule has 2 heterocycles. The van der Waals surface area contributed by atoms with Crippen LogP contribution in [0.4, 0.5) is 0 Å². The van der Waals surface area contributed by atoms with Gasteiger partial charge >= 0.3 is 0 Å². The summed E-state index contributed by atoms with van der Waals surface area (Å²) < 4.78 is 5.63. The van der Waals surface area contributed by atoms with Crippen LogP contribution in [-0.4, -0.2) is 86.9 Å². The van der Waals surface area contributed by atoms with Gasteiger partial charge in [0.25, 0.3) is 0 Å². The molecule has 0 aromatic rings. The first kappa shape index (κ1) is 22.8. The van der Waals surface area contributed by atoms with Gasteiger partial charge in [0, 0.05) is 37.4 Å². The van der Waals surface area contributed by atoms with Crippen molar-refractivity contribution in [2.45, 2.75) is 82.2 Å². The van der Waals surface area contributed by atoms with Gasteiger partial charge in [0.15, 0.2) is 5.96 Å². The highest BCUT2D eigenvalue weighted by molar-refractivity contribution is 5.79. The molecule has 6 heteroatoms. The second-order valence-corrected chi connectivity index (χ2v) is 9.61. The predicted octanol–water partition coefficient (Wildman–Crippen LogP) is 2.84. The number of hydrogen-bond donors (Lipinski definition) is 2. The lowest BCUT2D eigenvalue weighted by molar-refractivity contribution is -0.00504. The first-order valence-corrected chi connectivity index (χ1v) is 12.1. The maximum absolute atomic E-state index is 5.63. The summed E-state index contributed by atoms with van der Waals surface area (Å²) in [5.74, 6) is 0.988. The molecule has 0 unspecified atom stereocenters. The Kier molecular flexibility index (Phi) is 8.63. The van der Waals surface area contributed by atoms with E-state index in [0.717, 1.165) is 51.6 Å². The van der Waals surface area contributed by atoms with Gasteiger partial charge in [0.05, 0.1) is 6.54 Å². The highest BCUT2D eigenvalue weighted by Crippen LogP contribution is 2.36. The van der Waals surface area contributed by atoms with Crippen LogP contribution in [0.5, 0.6) is 0 Å². The van der Waals surface area contributed by atoms with Crippen LogP contribution in [-0.2, 0) is 4.74 Å². The van der Waals surface area contributed by atoms with Crippen molar-refractivity contribution in [1.82, 2.24) is 20.4 Å². The van der Waals surface area contributed by atoms with E-state index in [1.807, 2.05) is 0 Å². The third-order valence-electron chi connectivity index (χ3n) is 7.64. The quantitative estimate of drug-likeness (QED) is 0.502. The van der Waals surface area contributed by atoms with Crippen LogP contribution in [0, 0.1) is 0 Å². The second kappa shape index (κ2) is 11.0. The molecule has 2 saturated heterocycles. The number of likely N-dealkylation sites (tertiary alicyclic amines) is 1. The van der Waals surface area contributed by atoms with Gasteiger partial charge < -0.3 is 20.3 Å². The lowest BCUT2D eigenvalue weighted by Crippen LogP contribution is -2.57. The first-order valence-electron chi connectivity index (χ1n) is 12.1. The molecule has 3 fully saturated rings. The maximum Gasteiger partial charge on any atom is 0.191 e. The molecule has 168 valence electrons. The fraction of sp³-hybridized carbons (Fsp3) is 0.957. The molecular formula is C23H45N5O. The van der Waals surface area contributed by atoms with Crippen molar-refractivity contribution in [3.05, 3.63) is 0 Å². The highest BCUT2D eigenvalue weighted by Gasteiger charge is 2.39. The Labute approximate surface area is 178 Å². The molecule has 0 atom stereocenters. The molecule has 2 N–H and O–H groups in total. The molecule has 3 rings (SSSR count). The summed E-state index contributed by atoms with van der Waals surface area (Å²) >= 11 is 0. The van der Waals surface area contributed by atoms with Gasteiger partial charge in [-0.25, -0.2) is 0 Å². The Hall–Kier alpha value is -0.850.